The number of hydrogen-bond donors (Lipinski definition) is 0. The largest absolute Gasteiger partial charge is 0.497 e. The van der Waals surface area contributed by atoms with Gasteiger partial charge in [-0.25, -0.2) is 13.4 Å². The van der Waals surface area contributed by atoms with E-state index in [4.69, 9.17) is 9.72 Å². The summed E-state index contributed by atoms with van der Waals surface area (Å²) in [4.78, 5) is 20.9. The molecule has 5 rings (SSSR count). The second kappa shape index (κ2) is 10.8. The number of carbonyl (C=O) groups is 1. The van der Waals surface area contributed by atoms with E-state index in [1.54, 1.807) is 36.3 Å². The minimum absolute atomic E-state index is 0.100. The molecule has 1 unspecified atom stereocenters. The molecule has 38 heavy (non-hydrogen) atoms. The first-order valence-electron chi connectivity index (χ1n) is 12.6. The van der Waals surface area contributed by atoms with Crippen molar-refractivity contribution in [2.45, 2.75) is 38.1 Å². The normalized spacial score (nSPS) is 16.4. The smallest absolute Gasteiger partial charge is 0.243 e. The Hall–Kier alpha value is -3.27. The summed E-state index contributed by atoms with van der Waals surface area (Å²) in [7, 11) is -2.20. The van der Waals surface area contributed by atoms with Gasteiger partial charge < -0.3 is 4.74 Å². The average Bonchev–Trinajstić information content (AvgIpc) is 3.39. The summed E-state index contributed by atoms with van der Waals surface area (Å²) in [5, 5.41) is 0.637. The monoisotopic (exact) mass is 549 g/mol. The lowest BCUT2D eigenvalue weighted by Gasteiger charge is -2.33. The van der Waals surface area contributed by atoms with Crippen molar-refractivity contribution in [2.75, 3.05) is 25.1 Å². The Morgan fingerprint density at radius 2 is 1.82 bits per heavy atom. The van der Waals surface area contributed by atoms with Crippen molar-refractivity contribution in [1.82, 2.24) is 9.29 Å². The number of piperidine rings is 1. The molecule has 0 N–H and O–H groups in total. The van der Waals surface area contributed by atoms with Gasteiger partial charge in [0.25, 0.3) is 0 Å². The van der Waals surface area contributed by atoms with Gasteiger partial charge in [0.05, 0.1) is 34.7 Å². The van der Waals surface area contributed by atoms with Crippen LogP contribution in [0.4, 0.5) is 5.13 Å². The maximum absolute atomic E-state index is 14.1. The van der Waals surface area contributed by atoms with Crippen molar-refractivity contribution in [3.05, 3.63) is 83.4 Å². The van der Waals surface area contributed by atoms with E-state index in [0.717, 1.165) is 26.9 Å². The van der Waals surface area contributed by atoms with Gasteiger partial charge in [-0.1, -0.05) is 47.7 Å². The van der Waals surface area contributed by atoms with Crippen LogP contribution < -0.4 is 9.64 Å². The molecule has 1 aliphatic rings. The Morgan fingerprint density at radius 3 is 2.53 bits per heavy atom. The molecule has 1 fully saturated rings. The highest BCUT2D eigenvalue weighted by atomic mass is 32.2. The molecule has 1 aromatic heterocycles. The fourth-order valence-electron chi connectivity index (χ4n) is 4.82. The summed E-state index contributed by atoms with van der Waals surface area (Å²) >= 11 is 1.50. The molecule has 0 radical (unpaired) electrons. The molecule has 0 spiro atoms. The van der Waals surface area contributed by atoms with Gasteiger partial charge >= 0.3 is 0 Å². The Balaban J connectivity index is 1.45. The molecular weight excluding hydrogens is 518 g/mol. The number of nitrogens with zero attached hydrogens (tertiary/aromatic N) is 3. The summed E-state index contributed by atoms with van der Waals surface area (Å²) in [5.41, 5.74) is 4.16. The minimum atomic E-state index is -3.74. The van der Waals surface area contributed by atoms with Crippen LogP contribution in [0.15, 0.2) is 71.6 Å². The van der Waals surface area contributed by atoms with Gasteiger partial charge in [-0.2, -0.15) is 4.31 Å². The average molecular weight is 550 g/mol. The van der Waals surface area contributed by atoms with Crippen molar-refractivity contribution in [1.29, 1.82) is 0 Å². The van der Waals surface area contributed by atoms with E-state index in [-0.39, 0.29) is 17.3 Å². The van der Waals surface area contributed by atoms with Crippen LogP contribution >= 0.6 is 11.3 Å². The topological polar surface area (TPSA) is 79.8 Å². The van der Waals surface area contributed by atoms with E-state index in [0.29, 0.717) is 36.8 Å². The molecule has 3 aromatic carbocycles. The Morgan fingerprint density at radius 1 is 1.08 bits per heavy atom. The third-order valence-corrected chi connectivity index (χ3v) is 10.1. The second-order valence-electron chi connectivity index (χ2n) is 9.64. The SMILES string of the molecule is COc1ccc(S(=O)(=O)N2CCCC(C(=O)N(Cc3ccccc3)c3nc4c(C)c(C)ccc4s3)C2)cc1. The predicted molar refractivity (Wildman–Crippen MR) is 151 cm³/mol. The molecular formula is C29H31N3O4S2. The van der Waals surface area contributed by atoms with Gasteiger partial charge in [0.1, 0.15) is 5.75 Å². The maximum Gasteiger partial charge on any atom is 0.243 e. The molecule has 1 aliphatic heterocycles. The second-order valence-corrected chi connectivity index (χ2v) is 12.6. The number of fused-ring (bicyclic) bond motifs is 1. The van der Waals surface area contributed by atoms with E-state index in [1.165, 1.54) is 15.6 Å². The number of aromatic nitrogens is 1. The van der Waals surface area contributed by atoms with Crippen LogP contribution in [0.2, 0.25) is 0 Å². The lowest BCUT2D eigenvalue weighted by atomic mass is 9.98. The first-order chi connectivity index (χ1) is 18.3. The zero-order chi connectivity index (χ0) is 26.9. The number of rotatable bonds is 7. The van der Waals surface area contributed by atoms with Gasteiger partial charge in [0.2, 0.25) is 15.9 Å². The maximum atomic E-state index is 14.1. The molecule has 1 atom stereocenters. The van der Waals surface area contributed by atoms with E-state index in [9.17, 15) is 13.2 Å². The van der Waals surface area contributed by atoms with Crippen LogP contribution in [0.5, 0.6) is 5.75 Å². The molecule has 0 aliphatic carbocycles. The van der Waals surface area contributed by atoms with Crippen LogP contribution in [-0.4, -0.2) is 43.8 Å². The zero-order valence-electron chi connectivity index (χ0n) is 21.8. The summed E-state index contributed by atoms with van der Waals surface area (Å²) < 4.78 is 34.5. The van der Waals surface area contributed by atoms with Crippen molar-refractivity contribution in [3.8, 4) is 5.75 Å². The quantitative estimate of drug-likeness (QED) is 0.302. The number of hydrogen-bond acceptors (Lipinski definition) is 6. The van der Waals surface area contributed by atoms with E-state index in [1.807, 2.05) is 43.3 Å². The summed E-state index contributed by atoms with van der Waals surface area (Å²) in [6, 6.07) is 20.3. The van der Waals surface area contributed by atoms with Crippen molar-refractivity contribution in [2.24, 2.45) is 5.92 Å². The van der Waals surface area contributed by atoms with Gasteiger partial charge in [-0.05, 0) is 73.7 Å². The molecule has 0 bridgehead atoms. The van der Waals surface area contributed by atoms with E-state index < -0.39 is 15.9 Å². The molecule has 9 heteroatoms. The fraction of sp³-hybridized carbons (Fsp3) is 0.310. The Labute approximate surface area is 227 Å². The lowest BCUT2D eigenvalue weighted by Crippen LogP contribution is -2.46. The lowest BCUT2D eigenvalue weighted by molar-refractivity contribution is -0.123. The van der Waals surface area contributed by atoms with Gasteiger partial charge in [-0.15, -0.1) is 0 Å². The fourth-order valence-corrected chi connectivity index (χ4v) is 7.37. The van der Waals surface area contributed by atoms with Gasteiger partial charge in [-0.3, -0.25) is 9.69 Å². The zero-order valence-corrected chi connectivity index (χ0v) is 23.4. The van der Waals surface area contributed by atoms with Crippen molar-refractivity contribution >= 4 is 42.6 Å². The van der Waals surface area contributed by atoms with Crippen LogP contribution in [0, 0.1) is 19.8 Å². The Kier molecular flexibility index (Phi) is 7.52. The number of carbonyl (C=O) groups excluding carboxylic acids is 1. The van der Waals surface area contributed by atoms with Gasteiger partial charge in [0, 0.05) is 13.1 Å². The molecule has 198 valence electrons. The number of thiazole rings is 1. The molecule has 1 amide bonds. The van der Waals surface area contributed by atoms with Crippen LogP contribution in [-0.2, 0) is 21.4 Å². The summed E-state index contributed by atoms with van der Waals surface area (Å²) in [5.74, 6) is 0.0284. The Bertz CT molecular complexity index is 1550. The van der Waals surface area contributed by atoms with Crippen molar-refractivity contribution in [3.63, 3.8) is 0 Å². The molecule has 2 heterocycles. The third kappa shape index (κ3) is 5.18. The number of benzene rings is 3. The molecule has 7 nitrogen and oxygen atoms in total. The van der Waals surface area contributed by atoms with Gasteiger partial charge in [0.15, 0.2) is 5.13 Å². The molecule has 1 saturated heterocycles. The summed E-state index contributed by atoms with van der Waals surface area (Å²) in [6.45, 7) is 5.01. The number of aryl methyl sites for hydroxylation is 2. The number of amides is 1. The standard InChI is InChI=1S/C29H31N3O4S2/c1-20-11-16-26-27(21(20)2)30-29(37-26)32(18-22-8-5-4-6-9-22)28(33)23-10-7-17-31(19-23)38(34,35)25-14-12-24(36-3)13-15-25/h4-6,8-9,11-16,23H,7,10,17-19H2,1-3H3. The van der Waals surface area contributed by atoms with Crippen molar-refractivity contribution < 1.29 is 17.9 Å². The minimum Gasteiger partial charge on any atom is -0.497 e. The molecule has 0 saturated carbocycles. The highest BCUT2D eigenvalue weighted by molar-refractivity contribution is 7.89. The van der Waals surface area contributed by atoms with Crippen LogP contribution in [0.3, 0.4) is 0 Å². The summed E-state index contributed by atoms with van der Waals surface area (Å²) in [6.07, 6.45) is 1.24. The number of methoxy groups -OCH3 is 1. The van der Waals surface area contributed by atoms with Crippen LogP contribution in [0.1, 0.15) is 29.5 Å². The highest BCUT2D eigenvalue weighted by Gasteiger charge is 2.36. The predicted octanol–water partition coefficient (Wildman–Crippen LogP) is 5.56. The first kappa shape index (κ1) is 26.3. The number of anilines is 1. The number of sulfonamides is 1. The van der Waals surface area contributed by atoms with E-state index >= 15 is 0 Å². The van der Waals surface area contributed by atoms with E-state index in [2.05, 4.69) is 13.0 Å². The third-order valence-electron chi connectivity index (χ3n) is 7.18. The van der Waals surface area contributed by atoms with Crippen LogP contribution in [0.25, 0.3) is 10.2 Å². The number of ether oxygens (including phenoxy) is 1. The first-order valence-corrected chi connectivity index (χ1v) is 14.9. The highest BCUT2D eigenvalue weighted by Crippen LogP contribution is 2.35. The molecule has 4 aromatic rings.